The molecule has 0 radical (unpaired) electrons. The molecule has 230 valence electrons. The fraction of sp³-hybridized carbons (Fsp3) is 0.762. The number of halogens is 1. The molecule has 2 rings (SSSR count). The predicted molar refractivity (Wildman–Crippen MR) is 126 cm³/mol. The Bertz CT molecular complexity index is 948. The van der Waals surface area contributed by atoms with E-state index < -0.39 is 95.0 Å². The summed E-state index contributed by atoms with van der Waals surface area (Å²) in [4.78, 5) is 35.5. The first-order valence-electron chi connectivity index (χ1n) is 11.8. The highest BCUT2D eigenvalue weighted by Crippen LogP contribution is 2.52. The SMILES string of the molecule is CC(C)OC(=O)OCOP(=O)(OCOC(=O)OC(C)C)OC[C@@]1(CF)O[C@@H](N2C=CC(=O)NC2O)[C@](C)(O)[C@@H]1O. The molecule has 1 fully saturated rings. The minimum atomic E-state index is -4.89. The van der Waals surface area contributed by atoms with Crippen molar-refractivity contribution in [1.29, 1.82) is 0 Å². The van der Waals surface area contributed by atoms with Crippen LogP contribution in [0.25, 0.3) is 0 Å². The Labute approximate surface area is 228 Å². The molecule has 2 aliphatic heterocycles. The van der Waals surface area contributed by atoms with Gasteiger partial charge in [-0.2, -0.15) is 0 Å². The normalized spacial score (nSPS) is 28.5. The van der Waals surface area contributed by atoms with Gasteiger partial charge in [0.25, 0.3) is 0 Å². The van der Waals surface area contributed by atoms with Gasteiger partial charge in [-0.25, -0.2) is 27.6 Å². The number of phosphoric ester groups is 1. The number of carbonyl (C=O) groups is 3. The van der Waals surface area contributed by atoms with E-state index in [0.29, 0.717) is 0 Å². The van der Waals surface area contributed by atoms with Crippen LogP contribution in [0.3, 0.4) is 0 Å². The van der Waals surface area contributed by atoms with Crippen molar-refractivity contribution < 1.29 is 75.9 Å². The van der Waals surface area contributed by atoms with E-state index in [1.54, 1.807) is 0 Å². The molecule has 0 spiro atoms. The number of alkyl halides is 1. The van der Waals surface area contributed by atoms with Gasteiger partial charge in [0.05, 0.1) is 18.8 Å². The van der Waals surface area contributed by atoms with E-state index in [1.807, 2.05) is 0 Å². The van der Waals surface area contributed by atoms with Crippen molar-refractivity contribution in [3.8, 4) is 0 Å². The number of amides is 1. The minimum absolute atomic E-state index is 0.556. The highest BCUT2D eigenvalue weighted by molar-refractivity contribution is 7.48. The Morgan fingerprint density at radius 1 is 1.10 bits per heavy atom. The Morgan fingerprint density at radius 3 is 2.08 bits per heavy atom. The highest BCUT2D eigenvalue weighted by atomic mass is 31.2. The van der Waals surface area contributed by atoms with Crippen molar-refractivity contribution in [1.82, 2.24) is 10.2 Å². The van der Waals surface area contributed by atoms with E-state index in [1.165, 1.54) is 27.7 Å². The second kappa shape index (κ2) is 13.9. The highest BCUT2D eigenvalue weighted by Gasteiger charge is 2.64. The molecule has 4 N–H and O–H groups in total. The van der Waals surface area contributed by atoms with Crippen LogP contribution in [-0.2, 0) is 46.6 Å². The zero-order valence-electron chi connectivity index (χ0n) is 22.4. The first-order chi connectivity index (χ1) is 18.5. The summed E-state index contributed by atoms with van der Waals surface area (Å²) >= 11 is 0. The smallest absolute Gasteiger partial charge is 0.432 e. The molecule has 1 unspecified atom stereocenters. The summed E-state index contributed by atoms with van der Waals surface area (Å²) in [5, 5.41) is 34.0. The van der Waals surface area contributed by atoms with E-state index in [0.717, 1.165) is 24.1 Å². The number of phosphoric acid groups is 1. The maximum Gasteiger partial charge on any atom is 0.510 e. The molecule has 5 atom stereocenters. The molecule has 0 saturated carbocycles. The standard InChI is InChI=1S/C21H34FN2O15P/c1-12(2)37-18(28)32-10-35-40(31,36-11-33-19(29)38-13(3)4)34-9-21(8-22)15(26)20(5,30)16(39-21)24-7-6-14(25)23-17(24)27/h6-7,12-13,15-17,26-27,30H,8-11H2,1-5H3,(H,23,25)/t15-,16+,17?,20+,21+/m0/s1. The maximum atomic E-state index is 14.4. The number of hydrogen-bond donors (Lipinski definition) is 4. The third-order valence-electron chi connectivity index (χ3n) is 5.25. The van der Waals surface area contributed by atoms with E-state index in [-0.39, 0.29) is 0 Å². The number of ether oxygens (including phenoxy) is 5. The van der Waals surface area contributed by atoms with Gasteiger partial charge in [0.15, 0.2) is 11.8 Å². The lowest BCUT2D eigenvalue weighted by atomic mass is 9.88. The number of nitrogens with one attached hydrogen (secondary N) is 1. The Morgan fingerprint density at radius 2 is 1.62 bits per heavy atom. The van der Waals surface area contributed by atoms with Gasteiger partial charge in [0.2, 0.25) is 25.8 Å². The van der Waals surface area contributed by atoms with Crippen LogP contribution in [0.4, 0.5) is 14.0 Å². The van der Waals surface area contributed by atoms with Crippen molar-refractivity contribution in [3.63, 3.8) is 0 Å². The van der Waals surface area contributed by atoms with Crippen molar-refractivity contribution >= 4 is 26.0 Å². The molecule has 17 nitrogen and oxygen atoms in total. The molecule has 0 aliphatic carbocycles. The summed E-state index contributed by atoms with van der Waals surface area (Å²) in [5.41, 5.74) is -4.72. The van der Waals surface area contributed by atoms with E-state index in [4.69, 9.17) is 27.8 Å². The maximum absolute atomic E-state index is 14.4. The van der Waals surface area contributed by atoms with Gasteiger partial charge >= 0.3 is 20.1 Å². The molecule has 0 aromatic rings. The van der Waals surface area contributed by atoms with Gasteiger partial charge in [0.1, 0.15) is 18.4 Å². The Kier molecular flexibility index (Phi) is 11.7. The van der Waals surface area contributed by atoms with Crippen LogP contribution in [0, 0.1) is 0 Å². The van der Waals surface area contributed by atoms with Crippen LogP contribution in [-0.4, -0.2) is 107 Å². The summed E-state index contributed by atoms with van der Waals surface area (Å²) in [7, 11) is -4.89. The zero-order chi connectivity index (χ0) is 30.3. The van der Waals surface area contributed by atoms with Crippen LogP contribution < -0.4 is 5.32 Å². The molecule has 40 heavy (non-hydrogen) atoms. The number of aliphatic hydroxyl groups is 3. The summed E-state index contributed by atoms with van der Waals surface area (Å²) in [6, 6.07) is 0. The topological polar surface area (TPSA) is 218 Å². The summed E-state index contributed by atoms with van der Waals surface area (Å²) in [5.74, 6) is -0.670. The molecule has 2 heterocycles. The van der Waals surface area contributed by atoms with Crippen molar-refractivity contribution in [2.75, 3.05) is 26.9 Å². The second-order valence-corrected chi connectivity index (χ2v) is 10.9. The molecule has 0 bridgehead atoms. The molecule has 1 amide bonds. The average Bonchev–Trinajstić information content (AvgIpc) is 3.03. The third-order valence-corrected chi connectivity index (χ3v) is 6.54. The molecule has 19 heteroatoms. The van der Waals surface area contributed by atoms with E-state index in [2.05, 4.69) is 14.8 Å². The predicted octanol–water partition coefficient (Wildman–Crippen LogP) is 0.580. The zero-order valence-corrected chi connectivity index (χ0v) is 23.3. The lowest BCUT2D eigenvalue weighted by Crippen LogP contribution is -2.59. The quantitative estimate of drug-likeness (QED) is 0.128. The van der Waals surface area contributed by atoms with E-state index in [9.17, 15) is 38.7 Å². The van der Waals surface area contributed by atoms with Crippen LogP contribution in [0.2, 0.25) is 0 Å². The second-order valence-electron chi connectivity index (χ2n) is 9.28. The Balaban J connectivity index is 2.18. The average molecular weight is 604 g/mol. The number of rotatable bonds is 13. The largest absolute Gasteiger partial charge is 0.510 e. The lowest BCUT2D eigenvalue weighted by Gasteiger charge is -2.39. The van der Waals surface area contributed by atoms with Crippen LogP contribution in [0.5, 0.6) is 0 Å². The van der Waals surface area contributed by atoms with Gasteiger partial charge in [0, 0.05) is 12.3 Å². The fourth-order valence-corrected chi connectivity index (χ4v) is 4.38. The minimum Gasteiger partial charge on any atom is -0.432 e. The summed E-state index contributed by atoms with van der Waals surface area (Å²) in [6.45, 7) is 2.43. The van der Waals surface area contributed by atoms with Gasteiger partial charge in [-0.15, -0.1) is 0 Å². The molecule has 2 aliphatic rings. The first-order valence-corrected chi connectivity index (χ1v) is 13.3. The monoisotopic (exact) mass is 604 g/mol. The van der Waals surface area contributed by atoms with Crippen LogP contribution >= 0.6 is 7.82 Å². The number of nitrogens with zero attached hydrogens (tertiary/aromatic N) is 1. The van der Waals surface area contributed by atoms with Gasteiger partial charge < -0.3 is 49.2 Å². The number of carbonyl (C=O) groups excluding carboxylic acids is 3. The molecular formula is C21H34FN2O15P. The third kappa shape index (κ3) is 8.71. The summed E-state index contributed by atoms with van der Waals surface area (Å²) in [6.07, 6.45) is -6.94. The molecular weight excluding hydrogens is 570 g/mol. The Hall–Kier alpha value is -2.57. The van der Waals surface area contributed by atoms with Gasteiger partial charge in [-0.1, -0.05) is 0 Å². The number of hydrogen-bond acceptors (Lipinski definition) is 16. The van der Waals surface area contributed by atoms with Crippen LogP contribution in [0.1, 0.15) is 34.6 Å². The molecule has 0 aromatic heterocycles. The molecule has 0 aromatic carbocycles. The number of aliphatic hydroxyl groups excluding tert-OH is 2. The van der Waals surface area contributed by atoms with Gasteiger partial charge in [-0.05, 0) is 34.6 Å². The summed E-state index contributed by atoms with van der Waals surface area (Å²) < 4.78 is 66.7. The van der Waals surface area contributed by atoms with Gasteiger partial charge in [-0.3, -0.25) is 9.32 Å². The first kappa shape index (κ1) is 33.6. The van der Waals surface area contributed by atoms with Crippen molar-refractivity contribution in [3.05, 3.63) is 12.3 Å². The molecule has 1 saturated heterocycles. The van der Waals surface area contributed by atoms with E-state index >= 15 is 0 Å². The van der Waals surface area contributed by atoms with Crippen LogP contribution in [0.15, 0.2) is 12.3 Å². The van der Waals surface area contributed by atoms with Crippen molar-refractivity contribution in [2.24, 2.45) is 0 Å². The fourth-order valence-electron chi connectivity index (χ4n) is 3.42. The van der Waals surface area contributed by atoms with Crippen molar-refractivity contribution in [2.45, 2.75) is 76.7 Å². The lowest BCUT2D eigenvalue weighted by molar-refractivity contribution is -0.190.